The first-order chi connectivity index (χ1) is 24.6. The van der Waals surface area contributed by atoms with Gasteiger partial charge in [0.15, 0.2) is 5.75 Å². The van der Waals surface area contributed by atoms with E-state index in [4.69, 9.17) is 4.74 Å². The van der Waals surface area contributed by atoms with Crippen molar-refractivity contribution in [2.45, 2.75) is 25.3 Å². The number of rotatable bonds is 16. The van der Waals surface area contributed by atoms with E-state index in [2.05, 4.69) is 50.5 Å². The van der Waals surface area contributed by atoms with Crippen LogP contribution in [0.1, 0.15) is 18.4 Å². The van der Waals surface area contributed by atoms with Gasteiger partial charge in [-0.05, 0) is 117 Å². The summed E-state index contributed by atoms with van der Waals surface area (Å²) in [6.07, 6.45) is 0.547. The zero-order chi connectivity index (χ0) is 38.4. The molecule has 16 nitrogen and oxygen atoms in total. The summed E-state index contributed by atoms with van der Waals surface area (Å²) in [5, 5.41) is 57.0. The number of aliphatic carboxylic acids is 4. The molecule has 0 aromatic heterocycles. The number of ether oxygens (including phenoxy) is 1. The van der Waals surface area contributed by atoms with Gasteiger partial charge in [-0.25, -0.2) is 0 Å². The van der Waals surface area contributed by atoms with Crippen LogP contribution in [0.4, 0.5) is 0 Å². The summed E-state index contributed by atoms with van der Waals surface area (Å²) in [4.78, 5) is 65.8. The molecule has 2 aromatic rings. The molecule has 1 fully saturated rings. The number of amides is 1. The minimum atomic E-state index is -1.34. The molecule has 55 heavy (non-hydrogen) atoms. The number of carbonyl (C=O) groups is 5. The summed E-state index contributed by atoms with van der Waals surface area (Å²) < 4.78 is 8.26. The van der Waals surface area contributed by atoms with Crippen molar-refractivity contribution in [2.24, 2.45) is 0 Å². The number of nitrogens with zero attached hydrogens (tertiary/aromatic N) is 4. The number of aromatic hydroxyl groups is 1. The minimum absolute atomic E-state index is 0. The van der Waals surface area contributed by atoms with Crippen molar-refractivity contribution >= 4 is 157 Å². The van der Waals surface area contributed by atoms with Crippen LogP contribution in [0.25, 0.3) is 0 Å². The van der Waals surface area contributed by atoms with E-state index in [9.17, 15) is 49.5 Å². The van der Waals surface area contributed by atoms with Crippen LogP contribution in [0.3, 0.4) is 0 Å². The average molecular weight is 1280 g/mol. The van der Waals surface area contributed by atoms with Gasteiger partial charge in [0.2, 0.25) is 5.91 Å². The van der Waals surface area contributed by atoms with Crippen molar-refractivity contribution in [3.8, 4) is 17.2 Å². The van der Waals surface area contributed by atoms with Crippen LogP contribution in [0, 0.1) is 10.7 Å². The van der Waals surface area contributed by atoms with Gasteiger partial charge in [-0.2, -0.15) is 0 Å². The molecule has 22 heteroatoms. The molecule has 1 unspecified atom stereocenters. The Morgan fingerprint density at radius 2 is 1.20 bits per heavy atom. The Kier molecular flexibility index (Phi) is 27.6. The molecular formula is C33H43Ga3I3N5O11-3. The monoisotopic (exact) mass is 1270 g/mol. The van der Waals surface area contributed by atoms with Gasteiger partial charge in [0.05, 0.1) is 35.0 Å². The number of hydrogen-bond acceptors (Lipinski definition) is 14. The Hall–Kier alpha value is -0.671. The third kappa shape index (κ3) is 20.2. The molecule has 0 spiro atoms. The number of benzene rings is 2. The van der Waals surface area contributed by atoms with E-state index in [1.165, 1.54) is 4.90 Å². The Labute approximate surface area is 399 Å². The summed E-state index contributed by atoms with van der Waals surface area (Å²) in [7, 11) is 0. The second kappa shape index (κ2) is 27.9. The standard InChI is InChI=1S/C33H42I3N5O11.3Ga.4H/c34-23-17-22(3-4-27(23)42)52-32-24(35)14-21(15-25(32)36)16-28(43)37-5-1-2-26(33(50)51)41-12-10-39(19-30(46)47)8-6-38(18-29(44)45)7-9-40(11-13-41)20-31(48)49;;;;;;;/h3-4,14-15,17,26,42H,1-2,5-13,16,18-20H2,(H,37,43)(H,44,45)(H,46,47)(H,48,49)(H,50,51);;;;;;;/p-3. The summed E-state index contributed by atoms with van der Waals surface area (Å²) in [6, 6.07) is 7.59. The molecule has 5 radical (unpaired) electrons. The summed E-state index contributed by atoms with van der Waals surface area (Å²) in [5.74, 6) is -4.05. The van der Waals surface area contributed by atoms with Crippen molar-refractivity contribution < 1.29 is 54.2 Å². The fraction of sp³-hybridized carbons (Fsp3) is 0.485. The summed E-state index contributed by atoms with van der Waals surface area (Å²) in [6.45, 7) is -0.0204. The van der Waals surface area contributed by atoms with Crippen LogP contribution in [-0.2, 0) is 30.4 Å². The van der Waals surface area contributed by atoms with Gasteiger partial charge < -0.3 is 50.0 Å². The number of phenolic OH excluding ortho intramolecular Hbond substituents is 1. The van der Waals surface area contributed by atoms with Crippen molar-refractivity contribution in [1.82, 2.24) is 24.9 Å². The van der Waals surface area contributed by atoms with Gasteiger partial charge in [-0.1, -0.05) is 0 Å². The van der Waals surface area contributed by atoms with E-state index in [-0.39, 0.29) is 143 Å². The Balaban J connectivity index is 0.00000972. The SMILES string of the molecule is O=C([O-])CN1CCN(CC(=O)[O-])CCN(C(CCCNC(=O)Cc2cc(I)c(Oc3ccc(O)c(I)c3)c(I)c2)C(=O)O)CCN(CC(=O)[O-])CC1.[GaH2].[GaH].[GaH]. The number of carboxylic acids is 4. The van der Waals surface area contributed by atoms with E-state index in [0.29, 0.717) is 21.5 Å². The molecule has 1 amide bonds. The number of hydrogen-bond donors (Lipinski definition) is 3. The van der Waals surface area contributed by atoms with Crippen LogP contribution >= 0.6 is 67.8 Å². The van der Waals surface area contributed by atoms with Gasteiger partial charge in [0.1, 0.15) is 17.5 Å². The normalized spacial score (nSPS) is 15.4. The second-order valence-corrected chi connectivity index (χ2v) is 15.6. The Morgan fingerprint density at radius 3 is 1.62 bits per heavy atom. The third-order valence-corrected chi connectivity index (χ3v) is 10.7. The van der Waals surface area contributed by atoms with E-state index in [1.807, 2.05) is 34.7 Å². The van der Waals surface area contributed by atoms with Crippen LogP contribution < -0.4 is 25.4 Å². The first kappa shape index (κ1) is 54.3. The summed E-state index contributed by atoms with van der Waals surface area (Å²) >= 11 is 6.28. The van der Waals surface area contributed by atoms with Crippen LogP contribution in [0.5, 0.6) is 17.2 Å². The van der Waals surface area contributed by atoms with Crippen molar-refractivity contribution in [3.05, 3.63) is 46.6 Å². The topological polar surface area (TPSA) is 229 Å². The molecule has 299 valence electrons. The molecule has 1 aliphatic rings. The van der Waals surface area contributed by atoms with Crippen molar-refractivity contribution in [2.75, 3.05) is 78.5 Å². The number of phenols is 1. The van der Waals surface area contributed by atoms with E-state index < -0.39 is 49.6 Å². The van der Waals surface area contributed by atoms with Gasteiger partial charge >= 0.3 is 65.3 Å². The van der Waals surface area contributed by atoms with Gasteiger partial charge in [0.25, 0.3) is 0 Å². The number of carbonyl (C=O) groups excluding carboxylic acids is 4. The third-order valence-electron chi connectivity index (χ3n) is 8.19. The predicted octanol–water partition coefficient (Wildman–Crippen LogP) is -3.85. The molecule has 2 aromatic carbocycles. The molecule has 1 saturated heterocycles. The molecular weight excluding hydrogens is 1230 g/mol. The van der Waals surface area contributed by atoms with Crippen molar-refractivity contribution in [1.29, 1.82) is 0 Å². The molecule has 0 saturated carbocycles. The Bertz CT molecular complexity index is 1550. The fourth-order valence-corrected chi connectivity index (χ4v) is 8.20. The van der Waals surface area contributed by atoms with Crippen LogP contribution in [0.2, 0.25) is 0 Å². The van der Waals surface area contributed by atoms with E-state index in [1.54, 1.807) is 32.9 Å². The van der Waals surface area contributed by atoms with Crippen LogP contribution in [0.15, 0.2) is 30.3 Å². The molecule has 0 bridgehead atoms. The predicted molar refractivity (Wildman–Crippen MR) is 229 cm³/mol. The average Bonchev–Trinajstić information content (AvgIpc) is 3.04. The molecule has 3 N–H and O–H groups in total. The molecule has 0 aliphatic carbocycles. The van der Waals surface area contributed by atoms with Crippen LogP contribution in [-0.4, -0.2) is 204 Å². The van der Waals surface area contributed by atoms with Gasteiger partial charge in [0, 0.05) is 78.5 Å². The number of halogens is 3. The molecule has 1 aliphatic heterocycles. The second-order valence-electron chi connectivity index (χ2n) is 12.1. The molecule has 1 heterocycles. The maximum absolute atomic E-state index is 12.9. The maximum atomic E-state index is 12.9. The molecule has 1 atom stereocenters. The quantitative estimate of drug-likeness (QED) is 0.0831. The summed E-state index contributed by atoms with van der Waals surface area (Å²) in [5.41, 5.74) is 0.756. The number of nitrogens with one attached hydrogen (secondary N) is 1. The zero-order valence-electron chi connectivity index (χ0n) is 30.5. The first-order valence-corrected chi connectivity index (χ1v) is 19.5. The zero-order valence-corrected chi connectivity index (χ0v) is 47.1. The van der Waals surface area contributed by atoms with E-state index in [0.717, 1.165) is 12.7 Å². The Morgan fingerprint density at radius 1 is 0.745 bits per heavy atom. The first-order valence-electron chi connectivity index (χ1n) is 16.3. The fourth-order valence-electron chi connectivity index (χ4n) is 5.60. The van der Waals surface area contributed by atoms with E-state index >= 15 is 0 Å². The van der Waals surface area contributed by atoms with Gasteiger partial charge in [-0.3, -0.25) is 29.2 Å². The molecule has 3 rings (SSSR count). The van der Waals surface area contributed by atoms with Gasteiger partial charge in [-0.15, -0.1) is 0 Å². The van der Waals surface area contributed by atoms with Crippen molar-refractivity contribution in [3.63, 3.8) is 0 Å². The number of carboxylic acid groups (broad SMARTS) is 4.